The van der Waals surface area contributed by atoms with Crippen molar-refractivity contribution in [2.45, 2.75) is 18.4 Å². The fourth-order valence-electron chi connectivity index (χ4n) is 6.10. The number of carbonyl (C=O) groups excluding carboxylic acids is 1. The second-order valence-corrected chi connectivity index (χ2v) is 9.84. The number of hydrogen-bond donors (Lipinski definition) is 3. The summed E-state index contributed by atoms with van der Waals surface area (Å²) in [4.78, 5) is 26.9. The minimum absolute atomic E-state index is 0.0627. The van der Waals surface area contributed by atoms with Crippen LogP contribution in [-0.4, -0.2) is 82.8 Å². The topological polar surface area (TPSA) is 102 Å². The minimum Gasteiger partial charge on any atom is -0.483 e. The van der Waals surface area contributed by atoms with E-state index in [4.69, 9.17) is 9.90 Å². The molecule has 7 rings (SSSR count). The van der Waals surface area contributed by atoms with Gasteiger partial charge in [0.15, 0.2) is 0 Å². The van der Waals surface area contributed by atoms with Gasteiger partial charge in [-0.3, -0.25) is 14.7 Å². The molecule has 8 nitrogen and oxygen atoms in total. The normalized spacial score (nSPS) is 28.5. The molecule has 5 heterocycles. The first-order valence-electron chi connectivity index (χ1n) is 12.0. The Bertz CT molecular complexity index is 1160. The van der Waals surface area contributed by atoms with E-state index >= 15 is 0 Å². The van der Waals surface area contributed by atoms with Gasteiger partial charge in [-0.1, -0.05) is 60.2 Å². The zero-order valence-electron chi connectivity index (χ0n) is 19.9. The molecule has 3 aromatic rings. The summed E-state index contributed by atoms with van der Waals surface area (Å²) < 4.78 is 0. The van der Waals surface area contributed by atoms with E-state index in [0.29, 0.717) is 11.6 Å². The smallest absolute Gasteiger partial charge is 0.290 e. The number of nitrogens with one attached hydrogen (secondary N) is 2. The Balaban J connectivity index is 0.000000806. The predicted molar refractivity (Wildman–Crippen MR) is 133 cm³/mol. The highest BCUT2D eigenvalue weighted by Gasteiger charge is 2.55. The van der Waals surface area contributed by atoms with E-state index in [1.165, 1.54) is 11.1 Å². The molecule has 1 aromatic heterocycles. The van der Waals surface area contributed by atoms with Gasteiger partial charge in [0.2, 0.25) is 0 Å². The number of carboxylic acid groups (broad SMARTS) is 1. The van der Waals surface area contributed by atoms with Crippen molar-refractivity contribution >= 4 is 12.4 Å². The molecule has 4 fully saturated rings. The van der Waals surface area contributed by atoms with Crippen molar-refractivity contribution < 1.29 is 14.7 Å². The first-order chi connectivity index (χ1) is 17.0. The quantitative estimate of drug-likeness (QED) is 0.503. The lowest BCUT2D eigenvalue weighted by Crippen LogP contribution is -2.70. The number of benzene rings is 2. The van der Waals surface area contributed by atoms with E-state index in [0.717, 1.165) is 50.5 Å². The monoisotopic (exact) mass is 473 g/mol. The van der Waals surface area contributed by atoms with E-state index < -0.39 is 0 Å². The zero-order chi connectivity index (χ0) is 24.4. The second kappa shape index (κ2) is 9.64. The van der Waals surface area contributed by atoms with Crippen LogP contribution in [0.1, 0.15) is 21.6 Å². The number of nitrogens with zero attached hydrogens (tertiary/aromatic N) is 3. The van der Waals surface area contributed by atoms with Crippen molar-refractivity contribution in [2.24, 2.45) is 5.92 Å². The SMILES string of the molecule is Cc1ccc(-c2cc(C(=O)NC3C4CN5CCN(C4)CC3(c3ccccc3)C5)[nH]n2)cc1.O=CO. The van der Waals surface area contributed by atoms with Crippen molar-refractivity contribution in [2.75, 3.05) is 39.3 Å². The molecule has 182 valence electrons. The molecule has 3 N–H and O–H groups in total. The van der Waals surface area contributed by atoms with Crippen LogP contribution in [-0.2, 0) is 10.2 Å². The summed E-state index contributed by atoms with van der Waals surface area (Å²) in [6.45, 7) is 8.13. The van der Waals surface area contributed by atoms with Gasteiger partial charge in [0.05, 0.1) is 5.69 Å². The van der Waals surface area contributed by atoms with Gasteiger partial charge in [-0.2, -0.15) is 5.10 Å². The first-order valence-corrected chi connectivity index (χ1v) is 12.0. The molecule has 3 atom stereocenters. The maximum absolute atomic E-state index is 13.4. The van der Waals surface area contributed by atoms with Crippen LogP contribution in [0, 0.1) is 12.8 Å². The summed E-state index contributed by atoms with van der Waals surface area (Å²) in [6.07, 6.45) is 0. The first kappa shape index (κ1) is 23.3. The average molecular weight is 474 g/mol. The second-order valence-electron chi connectivity index (χ2n) is 9.84. The van der Waals surface area contributed by atoms with Gasteiger partial charge < -0.3 is 20.2 Å². The van der Waals surface area contributed by atoms with Crippen molar-refractivity contribution in [3.63, 3.8) is 0 Å². The third-order valence-corrected chi connectivity index (χ3v) is 7.60. The van der Waals surface area contributed by atoms with Crippen LogP contribution in [0.15, 0.2) is 60.7 Å². The molecule has 4 bridgehead atoms. The number of hydrogen-bond acceptors (Lipinski definition) is 5. The van der Waals surface area contributed by atoms with Crippen LogP contribution in [0.25, 0.3) is 11.3 Å². The molecule has 0 saturated carbocycles. The number of amides is 1. The van der Waals surface area contributed by atoms with Gasteiger partial charge in [0, 0.05) is 62.2 Å². The van der Waals surface area contributed by atoms with Crippen molar-refractivity contribution in [3.8, 4) is 11.3 Å². The van der Waals surface area contributed by atoms with Gasteiger partial charge >= 0.3 is 0 Å². The predicted octanol–water partition coefficient (Wildman–Crippen LogP) is 2.38. The van der Waals surface area contributed by atoms with E-state index in [2.05, 4.69) is 74.7 Å². The molecule has 0 aliphatic carbocycles. The van der Waals surface area contributed by atoms with Gasteiger partial charge in [0.25, 0.3) is 12.4 Å². The fourth-order valence-corrected chi connectivity index (χ4v) is 6.10. The third-order valence-electron chi connectivity index (χ3n) is 7.60. The lowest BCUT2D eigenvalue weighted by atomic mass is 9.64. The average Bonchev–Trinajstić information content (AvgIpc) is 3.22. The fraction of sp³-hybridized carbons (Fsp3) is 0.370. The number of piperidine rings is 2. The lowest BCUT2D eigenvalue weighted by molar-refractivity contribution is -0.122. The molecule has 4 aliphatic heterocycles. The molecule has 4 saturated heterocycles. The molecule has 1 amide bonds. The summed E-state index contributed by atoms with van der Waals surface area (Å²) in [7, 11) is 0. The van der Waals surface area contributed by atoms with E-state index in [-0.39, 0.29) is 23.8 Å². The number of H-pyrrole nitrogens is 1. The molecular formula is C27H31N5O3. The Morgan fingerprint density at radius 2 is 1.71 bits per heavy atom. The maximum Gasteiger partial charge on any atom is 0.290 e. The summed E-state index contributed by atoms with van der Waals surface area (Å²) in [5.41, 5.74) is 4.78. The molecule has 0 spiro atoms. The Kier molecular flexibility index (Phi) is 6.40. The molecule has 8 heteroatoms. The van der Waals surface area contributed by atoms with E-state index in [1.54, 1.807) is 0 Å². The van der Waals surface area contributed by atoms with Crippen LogP contribution in [0.3, 0.4) is 0 Å². The Morgan fingerprint density at radius 3 is 2.34 bits per heavy atom. The summed E-state index contributed by atoms with van der Waals surface area (Å²) in [6, 6.07) is 21.0. The van der Waals surface area contributed by atoms with Crippen LogP contribution in [0.4, 0.5) is 0 Å². The molecule has 0 radical (unpaired) electrons. The number of aromatic amines is 1. The van der Waals surface area contributed by atoms with Crippen molar-refractivity contribution in [1.82, 2.24) is 25.3 Å². The summed E-state index contributed by atoms with van der Waals surface area (Å²) >= 11 is 0. The largest absolute Gasteiger partial charge is 0.483 e. The van der Waals surface area contributed by atoms with E-state index in [1.807, 2.05) is 18.2 Å². The molecule has 3 unspecified atom stereocenters. The van der Waals surface area contributed by atoms with E-state index in [9.17, 15) is 4.79 Å². The van der Waals surface area contributed by atoms with Crippen LogP contribution in [0.2, 0.25) is 0 Å². The molecular weight excluding hydrogens is 442 g/mol. The van der Waals surface area contributed by atoms with Crippen LogP contribution >= 0.6 is 0 Å². The summed E-state index contributed by atoms with van der Waals surface area (Å²) in [5, 5.41) is 17.7. The van der Waals surface area contributed by atoms with Crippen LogP contribution < -0.4 is 5.32 Å². The highest BCUT2D eigenvalue weighted by Crippen LogP contribution is 2.43. The number of carbonyl (C=O) groups is 2. The zero-order valence-corrected chi connectivity index (χ0v) is 19.9. The van der Waals surface area contributed by atoms with Crippen molar-refractivity contribution in [1.29, 1.82) is 0 Å². The third kappa shape index (κ3) is 4.47. The van der Waals surface area contributed by atoms with Crippen LogP contribution in [0.5, 0.6) is 0 Å². The molecule has 4 aliphatic rings. The highest BCUT2D eigenvalue weighted by atomic mass is 16.3. The van der Waals surface area contributed by atoms with Gasteiger partial charge in [0.1, 0.15) is 5.69 Å². The Hall–Kier alpha value is -3.49. The van der Waals surface area contributed by atoms with Crippen molar-refractivity contribution in [3.05, 3.63) is 77.5 Å². The van der Waals surface area contributed by atoms with Gasteiger partial charge in [-0.15, -0.1) is 0 Å². The Morgan fingerprint density at radius 1 is 1.09 bits per heavy atom. The lowest BCUT2D eigenvalue weighted by Gasteiger charge is -2.55. The highest BCUT2D eigenvalue weighted by molar-refractivity contribution is 5.93. The standard InChI is InChI=1S/C26H29N5O.CH2O2/c1-18-7-9-19(10-8-18)22-13-23(29-28-22)25(32)27-24-20-14-30-11-12-31(15-20)17-26(24,16-30)21-5-3-2-4-6-21;2-1-3/h2-10,13,20,24H,11-12,14-17H2,1H3,(H,27,32)(H,28,29);1H,(H,2,3). The van der Waals surface area contributed by atoms with Gasteiger partial charge in [-0.25, -0.2) is 0 Å². The van der Waals surface area contributed by atoms with Gasteiger partial charge in [-0.05, 0) is 18.6 Å². The summed E-state index contributed by atoms with van der Waals surface area (Å²) in [5.74, 6) is 0.357. The Labute approximate surface area is 204 Å². The molecule has 35 heavy (non-hydrogen) atoms. The molecule has 2 aromatic carbocycles. The maximum atomic E-state index is 13.4. The number of aromatic nitrogens is 2. The number of fused-ring (bicyclic) bond motifs is 1. The minimum atomic E-state index is -0.250. The number of aryl methyl sites for hydroxylation is 1. The number of rotatable bonds is 4.